The summed E-state index contributed by atoms with van der Waals surface area (Å²) in [4.78, 5) is 39.1. The third kappa shape index (κ3) is 4.53. The van der Waals surface area contributed by atoms with Gasteiger partial charge in [-0.1, -0.05) is 42.5 Å². The van der Waals surface area contributed by atoms with Crippen LogP contribution in [0.3, 0.4) is 0 Å². The molecule has 2 aromatic carbocycles. The molecule has 6 nitrogen and oxygen atoms in total. The molecule has 5 rings (SSSR count). The Balaban J connectivity index is 1.57. The monoisotopic (exact) mass is 470 g/mol. The van der Waals surface area contributed by atoms with Crippen molar-refractivity contribution < 1.29 is 19.1 Å². The van der Waals surface area contributed by atoms with Crippen molar-refractivity contribution in [3.8, 4) is 0 Å². The van der Waals surface area contributed by atoms with Crippen LogP contribution in [0.1, 0.15) is 78.8 Å². The van der Waals surface area contributed by atoms with E-state index in [9.17, 15) is 14.4 Å². The summed E-state index contributed by atoms with van der Waals surface area (Å²) < 4.78 is 5.89. The molecular formula is C29H30N2O4. The van der Waals surface area contributed by atoms with E-state index in [-0.39, 0.29) is 17.8 Å². The van der Waals surface area contributed by atoms with Gasteiger partial charge in [-0.3, -0.25) is 9.59 Å². The summed E-state index contributed by atoms with van der Waals surface area (Å²) in [5.74, 6) is -1.50. The fraction of sp³-hybridized carbons (Fsp3) is 0.345. The largest absolute Gasteiger partial charge is 0.459 e. The van der Waals surface area contributed by atoms with Gasteiger partial charge in [-0.05, 0) is 68.2 Å². The van der Waals surface area contributed by atoms with E-state index < -0.39 is 17.8 Å². The molecule has 2 atom stereocenters. The first-order chi connectivity index (χ1) is 16.9. The minimum absolute atomic E-state index is 0.000692. The first kappa shape index (κ1) is 23.1. The predicted molar refractivity (Wildman–Crippen MR) is 132 cm³/mol. The number of hydrogen-bond donors (Lipinski definition) is 2. The van der Waals surface area contributed by atoms with Crippen molar-refractivity contribution in [1.29, 1.82) is 0 Å². The maximum Gasteiger partial charge on any atom is 0.337 e. The van der Waals surface area contributed by atoms with Crippen molar-refractivity contribution in [3.05, 3.63) is 93.8 Å². The van der Waals surface area contributed by atoms with E-state index in [4.69, 9.17) is 10.5 Å². The lowest BCUT2D eigenvalue weighted by Gasteiger charge is -2.37. The van der Waals surface area contributed by atoms with Crippen LogP contribution in [0.25, 0.3) is 0 Å². The number of allylic oxidation sites excluding steroid dienone is 3. The molecule has 0 radical (unpaired) electrons. The van der Waals surface area contributed by atoms with Gasteiger partial charge in [0.1, 0.15) is 6.10 Å². The van der Waals surface area contributed by atoms with Crippen LogP contribution < -0.4 is 11.1 Å². The number of amides is 1. The number of benzene rings is 2. The van der Waals surface area contributed by atoms with Gasteiger partial charge in [-0.15, -0.1) is 0 Å². The van der Waals surface area contributed by atoms with Crippen molar-refractivity contribution in [2.45, 2.75) is 63.4 Å². The van der Waals surface area contributed by atoms with Gasteiger partial charge >= 0.3 is 5.97 Å². The van der Waals surface area contributed by atoms with E-state index in [0.717, 1.165) is 36.9 Å². The summed E-state index contributed by atoms with van der Waals surface area (Å²) in [5.41, 5.74) is 10.2. The highest BCUT2D eigenvalue weighted by Crippen LogP contribution is 2.46. The van der Waals surface area contributed by atoms with Crippen molar-refractivity contribution in [2.75, 3.05) is 0 Å². The van der Waals surface area contributed by atoms with Gasteiger partial charge in [0, 0.05) is 34.9 Å². The maximum atomic E-state index is 13.7. The molecule has 6 heteroatoms. The molecule has 0 aromatic heterocycles. The number of nitrogens with one attached hydrogen (secondary N) is 1. The van der Waals surface area contributed by atoms with E-state index >= 15 is 0 Å². The average molecular weight is 471 g/mol. The van der Waals surface area contributed by atoms with Gasteiger partial charge in [0.05, 0.1) is 5.57 Å². The Labute approximate surface area is 205 Å². The van der Waals surface area contributed by atoms with Crippen LogP contribution >= 0.6 is 0 Å². The number of dihydropyridines is 1. The zero-order valence-corrected chi connectivity index (χ0v) is 19.9. The Hall–Kier alpha value is -3.67. The van der Waals surface area contributed by atoms with Gasteiger partial charge in [-0.25, -0.2) is 4.79 Å². The van der Waals surface area contributed by atoms with E-state index in [2.05, 4.69) is 5.32 Å². The maximum absolute atomic E-state index is 13.7. The van der Waals surface area contributed by atoms with E-state index in [1.807, 2.05) is 43.3 Å². The SMILES string of the molecule is CC1=C(C(=O)OC2CCCC2)C(c2cccc(C(N)=O)c2)C2=C(CC(c3ccccc3)CC2=O)N1. The Bertz CT molecular complexity index is 1240. The Morgan fingerprint density at radius 2 is 1.69 bits per heavy atom. The fourth-order valence-electron chi connectivity index (χ4n) is 5.70. The summed E-state index contributed by atoms with van der Waals surface area (Å²) in [6.07, 6.45) is 4.75. The van der Waals surface area contributed by atoms with E-state index in [0.29, 0.717) is 40.8 Å². The lowest BCUT2D eigenvalue weighted by atomic mass is 9.71. The van der Waals surface area contributed by atoms with Crippen LogP contribution in [-0.2, 0) is 14.3 Å². The lowest BCUT2D eigenvalue weighted by Crippen LogP contribution is -2.36. The summed E-state index contributed by atoms with van der Waals surface area (Å²) in [6.45, 7) is 1.86. The van der Waals surface area contributed by atoms with Crippen molar-refractivity contribution >= 4 is 17.7 Å². The highest BCUT2D eigenvalue weighted by molar-refractivity contribution is 6.04. The average Bonchev–Trinajstić information content (AvgIpc) is 3.36. The number of carbonyl (C=O) groups excluding carboxylic acids is 3. The molecule has 0 spiro atoms. The molecule has 180 valence electrons. The Kier molecular flexibility index (Phi) is 6.29. The standard InChI is InChI=1S/C29H30N2O4/c1-17-25(29(34)35-22-12-5-6-13-22)26(19-10-7-11-20(14-19)28(30)33)27-23(31-17)15-21(16-24(27)32)18-8-3-2-4-9-18/h2-4,7-11,14,21-22,26,31H,5-6,12-13,15-16H2,1H3,(H2,30,33). The zero-order chi connectivity index (χ0) is 24.5. The number of ether oxygens (including phenoxy) is 1. The summed E-state index contributed by atoms with van der Waals surface area (Å²) in [5, 5.41) is 3.39. The van der Waals surface area contributed by atoms with Crippen LogP contribution in [0.4, 0.5) is 0 Å². The molecule has 2 aliphatic carbocycles. The normalized spacial score (nSPS) is 22.6. The van der Waals surface area contributed by atoms with Crippen LogP contribution in [0.2, 0.25) is 0 Å². The molecule has 2 unspecified atom stereocenters. The van der Waals surface area contributed by atoms with Crippen LogP contribution in [-0.4, -0.2) is 23.8 Å². The third-order valence-electron chi connectivity index (χ3n) is 7.40. The van der Waals surface area contributed by atoms with Gasteiger partial charge in [0.2, 0.25) is 5.91 Å². The predicted octanol–water partition coefficient (Wildman–Crippen LogP) is 4.63. The molecule has 0 saturated heterocycles. The van der Waals surface area contributed by atoms with Gasteiger partial charge in [0.25, 0.3) is 0 Å². The zero-order valence-electron chi connectivity index (χ0n) is 19.9. The second-order valence-electron chi connectivity index (χ2n) is 9.73. The minimum Gasteiger partial charge on any atom is -0.459 e. The number of rotatable bonds is 5. The Morgan fingerprint density at radius 1 is 0.971 bits per heavy atom. The summed E-state index contributed by atoms with van der Waals surface area (Å²) in [6, 6.07) is 17.0. The summed E-state index contributed by atoms with van der Waals surface area (Å²) in [7, 11) is 0. The third-order valence-corrected chi connectivity index (χ3v) is 7.40. The molecule has 1 fully saturated rings. The molecule has 1 heterocycles. The molecular weight excluding hydrogens is 440 g/mol. The second kappa shape index (κ2) is 9.53. The first-order valence-electron chi connectivity index (χ1n) is 12.3. The lowest BCUT2D eigenvalue weighted by molar-refractivity contribution is -0.144. The molecule has 1 amide bonds. The number of carbonyl (C=O) groups is 3. The topological polar surface area (TPSA) is 98.5 Å². The second-order valence-corrected chi connectivity index (χ2v) is 9.73. The van der Waals surface area contributed by atoms with Gasteiger partial charge < -0.3 is 15.8 Å². The van der Waals surface area contributed by atoms with Crippen molar-refractivity contribution in [2.24, 2.45) is 5.73 Å². The molecule has 3 N–H and O–H groups in total. The van der Waals surface area contributed by atoms with Crippen LogP contribution in [0.5, 0.6) is 0 Å². The van der Waals surface area contributed by atoms with E-state index in [1.165, 1.54) is 0 Å². The molecule has 35 heavy (non-hydrogen) atoms. The first-order valence-corrected chi connectivity index (χ1v) is 12.3. The summed E-state index contributed by atoms with van der Waals surface area (Å²) >= 11 is 0. The van der Waals surface area contributed by atoms with Crippen LogP contribution in [0.15, 0.2) is 77.1 Å². The quantitative estimate of drug-likeness (QED) is 0.621. The molecule has 1 aliphatic heterocycles. The number of hydrogen-bond acceptors (Lipinski definition) is 5. The Morgan fingerprint density at radius 3 is 2.40 bits per heavy atom. The highest BCUT2D eigenvalue weighted by Gasteiger charge is 2.42. The number of Topliss-reactive ketones (excluding diaryl/α,β-unsaturated/α-hetero) is 1. The molecule has 1 saturated carbocycles. The molecule has 0 bridgehead atoms. The minimum atomic E-state index is -0.608. The highest BCUT2D eigenvalue weighted by atomic mass is 16.5. The van der Waals surface area contributed by atoms with Gasteiger partial charge in [-0.2, -0.15) is 0 Å². The fourth-order valence-corrected chi connectivity index (χ4v) is 5.70. The number of ketones is 1. The number of primary amides is 1. The smallest absolute Gasteiger partial charge is 0.337 e. The van der Waals surface area contributed by atoms with E-state index in [1.54, 1.807) is 18.2 Å². The van der Waals surface area contributed by atoms with Crippen LogP contribution in [0, 0.1) is 0 Å². The molecule has 3 aliphatic rings. The van der Waals surface area contributed by atoms with Crippen molar-refractivity contribution in [1.82, 2.24) is 5.32 Å². The van der Waals surface area contributed by atoms with Gasteiger partial charge in [0.15, 0.2) is 5.78 Å². The molecule has 2 aromatic rings. The number of esters is 1. The number of nitrogens with two attached hydrogens (primary N) is 1. The van der Waals surface area contributed by atoms with Crippen molar-refractivity contribution in [3.63, 3.8) is 0 Å².